The van der Waals surface area contributed by atoms with Crippen molar-refractivity contribution in [3.63, 3.8) is 0 Å². The fourth-order valence-electron chi connectivity index (χ4n) is 0.567. The van der Waals surface area contributed by atoms with E-state index < -0.39 is 17.6 Å². The highest BCUT2D eigenvalue weighted by molar-refractivity contribution is 7.81. The molecule has 0 radical (unpaired) electrons. The number of esters is 1. The van der Waals surface area contributed by atoms with Crippen LogP contribution in [0, 0.1) is 0 Å². The zero-order valence-electron chi connectivity index (χ0n) is 8.00. The third kappa shape index (κ3) is 4.62. The third-order valence-corrected chi connectivity index (χ3v) is 1.52. The Kier molecular flexibility index (Phi) is 4.06. The van der Waals surface area contributed by atoms with Crippen LogP contribution in [0.2, 0.25) is 0 Å². The Morgan fingerprint density at radius 3 is 2.17 bits per heavy atom. The first-order valence-corrected chi connectivity index (χ1v) is 4.42. The number of rotatable bonds is 2. The van der Waals surface area contributed by atoms with Gasteiger partial charge in [0.2, 0.25) is 0 Å². The second-order valence-electron chi connectivity index (χ2n) is 3.80. The Balaban J connectivity index is 4.05. The molecule has 0 aliphatic rings. The van der Waals surface area contributed by atoms with Crippen LogP contribution < -0.4 is 5.73 Å². The number of thiol groups is 1. The molecular formula is C8H17NO2S. The van der Waals surface area contributed by atoms with Crippen LogP contribution in [0.15, 0.2) is 0 Å². The van der Waals surface area contributed by atoms with Crippen molar-refractivity contribution < 1.29 is 9.53 Å². The second kappa shape index (κ2) is 4.14. The molecule has 0 aromatic rings. The molecule has 0 fully saturated rings. The maximum absolute atomic E-state index is 11.2. The van der Waals surface area contributed by atoms with Crippen LogP contribution in [0.5, 0.6) is 0 Å². The van der Waals surface area contributed by atoms with E-state index in [-0.39, 0.29) is 5.25 Å². The number of hydrogen-bond acceptors (Lipinski definition) is 4. The van der Waals surface area contributed by atoms with Gasteiger partial charge in [0.1, 0.15) is 11.6 Å². The van der Waals surface area contributed by atoms with E-state index in [2.05, 4.69) is 12.6 Å². The number of hydrogen-bond donors (Lipinski definition) is 2. The minimum Gasteiger partial charge on any atom is -0.459 e. The SMILES string of the molecule is CC(S)[C@@H](N)C(=O)OC(C)(C)C. The van der Waals surface area contributed by atoms with Gasteiger partial charge in [-0.15, -0.1) is 0 Å². The molecule has 3 nitrogen and oxygen atoms in total. The van der Waals surface area contributed by atoms with Crippen molar-refractivity contribution in [2.24, 2.45) is 5.73 Å². The normalized spacial score (nSPS) is 16.8. The van der Waals surface area contributed by atoms with Gasteiger partial charge < -0.3 is 10.5 Å². The maximum atomic E-state index is 11.2. The number of nitrogens with two attached hydrogens (primary N) is 1. The Bertz CT molecular complexity index is 163. The number of carbonyl (C=O) groups excluding carboxylic acids is 1. The van der Waals surface area contributed by atoms with E-state index in [9.17, 15) is 4.79 Å². The van der Waals surface area contributed by atoms with Crippen molar-refractivity contribution in [1.29, 1.82) is 0 Å². The molecule has 0 aliphatic carbocycles. The molecule has 2 N–H and O–H groups in total. The maximum Gasteiger partial charge on any atom is 0.324 e. The molecule has 0 heterocycles. The van der Waals surface area contributed by atoms with Crippen molar-refractivity contribution in [3.8, 4) is 0 Å². The minimum absolute atomic E-state index is 0.181. The average Bonchev–Trinajstić information content (AvgIpc) is 1.82. The van der Waals surface area contributed by atoms with E-state index >= 15 is 0 Å². The van der Waals surface area contributed by atoms with Gasteiger partial charge in [-0.05, 0) is 20.8 Å². The highest BCUT2D eigenvalue weighted by Gasteiger charge is 2.24. The second-order valence-corrected chi connectivity index (χ2v) is 4.61. The molecule has 0 aromatic heterocycles. The van der Waals surface area contributed by atoms with Crippen LogP contribution in [0.3, 0.4) is 0 Å². The summed E-state index contributed by atoms with van der Waals surface area (Å²) in [5.74, 6) is -0.398. The van der Waals surface area contributed by atoms with Gasteiger partial charge in [0.05, 0.1) is 0 Å². The Labute approximate surface area is 79.1 Å². The van der Waals surface area contributed by atoms with Crippen molar-refractivity contribution >= 4 is 18.6 Å². The molecule has 0 rings (SSSR count). The van der Waals surface area contributed by atoms with E-state index in [0.29, 0.717) is 0 Å². The van der Waals surface area contributed by atoms with E-state index in [1.807, 2.05) is 0 Å². The summed E-state index contributed by atoms with van der Waals surface area (Å²) in [7, 11) is 0. The van der Waals surface area contributed by atoms with Crippen LogP contribution in [0.4, 0.5) is 0 Å². The predicted octanol–water partition coefficient (Wildman–Crippen LogP) is 0.974. The largest absolute Gasteiger partial charge is 0.459 e. The summed E-state index contributed by atoms with van der Waals surface area (Å²) in [4.78, 5) is 11.2. The first-order chi connectivity index (χ1) is 5.24. The molecule has 2 atom stereocenters. The Morgan fingerprint density at radius 2 is 1.92 bits per heavy atom. The summed E-state index contributed by atoms with van der Waals surface area (Å²) in [6.45, 7) is 7.18. The molecule has 0 aromatic carbocycles. The molecule has 1 unspecified atom stereocenters. The first-order valence-electron chi connectivity index (χ1n) is 3.90. The molecule has 0 amide bonds. The van der Waals surface area contributed by atoms with E-state index in [1.165, 1.54) is 0 Å². The predicted molar refractivity (Wildman–Crippen MR) is 52.3 cm³/mol. The smallest absolute Gasteiger partial charge is 0.324 e. The molecule has 0 saturated heterocycles. The summed E-state index contributed by atoms with van der Waals surface area (Å²) in [6, 6.07) is -0.646. The van der Waals surface area contributed by atoms with E-state index in [0.717, 1.165) is 0 Å². The van der Waals surface area contributed by atoms with Crippen LogP contribution in [-0.2, 0) is 9.53 Å². The molecule has 0 aliphatic heterocycles. The van der Waals surface area contributed by atoms with Gasteiger partial charge in [0.25, 0.3) is 0 Å². The van der Waals surface area contributed by atoms with Gasteiger partial charge in [-0.1, -0.05) is 6.92 Å². The fraction of sp³-hybridized carbons (Fsp3) is 0.875. The number of carbonyl (C=O) groups is 1. The van der Waals surface area contributed by atoms with Gasteiger partial charge in [0, 0.05) is 5.25 Å². The lowest BCUT2D eigenvalue weighted by Crippen LogP contribution is -2.42. The van der Waals surface area contributed by atoms with Crippen molar-refractivity contribution in [3.05, 3.63) is 0 Å². The van der Waals surface area contributed by atoms with Crippen molar-refractivity contribution in [2.75, 3.05) is 0 Å². The Hall–Kier alpha value is -0.220. The lowest BCUT2D eigenvalue weighted by atomic mass is 10.2. The van der Waals surface area contributed by atoms with Gasteiger partial charge in [0.15, 0.2) is 0 Å². The molecule has 72 valence electrons. The summed E-state index contributed by atoms with van der Waals surface area (Å²) >= 11 is 4.06. The van der Waals surface area contributed by atoms with Gasteiger partial charge in [-0.25, -0.2) is 0 Å². The molecule has 12 heavy (non-hydrogen) atoms. The Morgan fingerprint density at radius 1 is 1.50 bits per heavy atom. The van der Waals surface area contributed by atoms with Crippen LogP contribution in [0.1, 0.15) is 27.7 Å². The number of ether oxygens (including phenoxy) is 1. The molecule has 0 spiro atoms. The summed E-state index contributed by atoms with van der Waals surface area (Å²) in [6.07, 6.45) is 0. The average molecular weight is 191 g/mol. The zero-order valence-corrected chi connectivity index (χ0v) is 8.89. The monoisotopic (exact) mass is 191 g/mol. The highest BCUT2D eigenvalue weighted by atomic mass is 32.1. The summed E-state index contributed by atoms with van der Waals surface area (Å²) < 4.78 is 5.05. The van der Waals surface area contributed by atoms with Crippen LogP contribution in [0.25, 0.3) is 0 Å². The quantitative estimate of drug-likeness (QED) is 0.505. The van der Waals surface area contributed by atoms with Crippen molar-refractivity contribution in [2.45, 2.75) is 44.6 Å². The van der Waals surface area contributed by atoms with Gasteiger partial charge >= 0.3 is 5.97 Å². The topological polar surface area (TPSA) is 52.3 Å². The molecular weight excluding hydrogens is 174 g/mol. The van der Waals surface area contributed by atoms with Crippen LogP contribution in [-0.4, -0.2) is 22.9 Å². The lowest BCUT2D eigenvalue weighted by molar-refractivity contribution is -0.156. The fourth-order valence-corrected chi connectivity index (χ4v) is 0.688. The zero-order chi connectivity index (χ0) is 9.94. The molecule has 4 heteroatoms. The van der Waals surface area contributed by atoms with E-state index in [4.69, 9.17) is 10.5 Å². The first kappa shape index (κ1) is 11.8. The third-order valence-electron chi connectivity index (χ3n) is 1.20. The summed E-state index contributed by atoms with van der Waals surface area (Å²) in [5, 5.41) is -0.181. The molecule has 0 saturated carbocycles. The van der Waals surface area contributed by atoms with E-state index in [1.54, 1.807) is 27.7 Å². The standard InChI is InChI=1S/C8H17NO2S/c1-5(12)6(9)7(10)11-8(2,3)4/h5-6,12H,9H2,1-4H3/t5?,6-/m1/s1. The summed E-state index contributed by atoms with van der Waals surface area (Å²) in [5.41, 5.74) is 5.04. The minimum atomic E-state index is -0.646. The van der Waals surface area contributed by atoms with Crippen LogP contribution >= 0.6 is 12.6 Å². The van der Waals surface area contributed by atoms with Gasteiger partial charge in [-0.3, -0.25) is 4.79 Å². The van der Waals surface area contributed by atoms with Gasteiger partial charge in [-0.2, -0.15) is 12.6 Å². The van der Waals surface area contributed by atoms with Crippen molar-refractivity contribution in [1.82, 2.24) is 0 Å². The highest BCUT2D eigenvalue weighted by Crippen LogP contribution is 2.10. The lowest BCUT2D eigenvalue weighted by Gasteiger charge is -2.23. The molecule has 0 bridgehead atoms.